The van der Waals surface area contributed by atoms with Crippen molar-refractivity contribution in [3.63, 3.8) is 0 Å². The van der Waals surface area contributed by atoms with Gasteiger partial charge in [-0.25, -0.2) is 4.79 Å². The van der Waals surface area contributed by atoms with E-state index in [0.717, 1.165) is 75.0 Å². The first-order valence-corrected chi connectivity index (χ1v) is 18.0. The number of benzene rings is 2. The molecule has 4 unspecified atom stereocenters. The topological polar surface area (TPSA) is 76.7 Å². The zero-order valence-corrected chi connectivity index (χ0v) is 29.6. The molecular formula is C40H58N2O4. The molecule has 2 saturated heterocycles. The molecule has 2 heterocycles. The highest BCUT2D eigenvalue weighted by Crippen LogP contribution is 2.49. The third-order valence-electron chi connectivity index (χ3n) is 11.4. The quantitative estimate of drug-likeness (QED) is 0.323. The second-order valence-corrected chi connectivity index (χ2v) is 18.0. The van der Waals surface area contributed by atoms with E-state index >= 15 is 0 Å². The van der Waals surface area contributed by atoms with Gasteiger partial charge in [0.2, 0.25) is 0 Å². The molecule has 0 spiro atoms. The van der Waals surface area contributed by atoms with Gasteiger partial charge in [0.25, 0.3) is 0 Å². The summed E-state index contributed by atoms with van der Waals surface area (Å²) >= 11 is 0. The maximum Gasteiger partial charge on any atom is 0.339 e. The second-order valence-electron chi connectivity index (χ2n) is 18.0. The van der Waals surface area contributed by atoms with Crippen LogP contribution < -0.4 is 10.6 Å². The molecule has 0 radical (unpaired) electrons. The number of piperidine rings is 2. The summed E-state index contributed by atoms with van der Waals surface area (Å²) in [6, 6.07) is 12.6. The molecule has 2 saturated carbocycles. The molecule has 2 aliphatic carbocycles. The molecule has 2 aliphatic heterocycles. The number of rotatable bonds is 5. The van der Waals surface area contributed by atoms with Crippen molar-refractivity contribution in [1.82, 2.24) is 10.6 Å². The molecule has 4 fully saturated rings. The maximum atomic E-state index is 13.8. The highest BCUT2D eigenvalue weighted by molar-refractivity contribution is 6.06. The minimum Gasteiger partial charge on any atom is -0.462 e. The zero-order chi connectivity index (χ0) is 33.1. The van der Waals surface area contributed by atoms with E-state index in [9.17, 15) is 9.59 Å². The first kappa shape index (κ1) is 33.5. The molecule has 46 heavy (non-hydrogen) atoms. The Labute approximate surface area is 277 Å². The van der Waals surface area contributed by atoms with Crippen LogP contribution in [0.3, 0.4) is 0 Å². The summed E-state index contributed by atoms with van der Waals surface area (Å²) in [4.78, 5) is 27.3. The molecule has 4 aliphatic rings. The fourth-order valence-electron chi connectivity index (χ4n) is 10.4. The van der Waals surface area contributed by atoms with Gasteiger partial charge in [0, 0.05) is 47.8 Å². The smallest absolute Gasteiger partial charge is 0.339 e. The van der Waals surface area contributed by atoms with E-state index in [-0.39, 0.29) is 52.2 Å². The number of esters is 2. The zero-order valence-electron chi connectivity index (χ0n) is 29.6. The van der Waals surface area contributed by atoms with Crippen LogP contribution in [-0.2, 0) is 14.3 Å². The molecule has 2 aromatic carbocycles. The first-order valence-electron chi connectivity index (χ1n) is 18.0. The summed E-state index contributed by atoms with van der Waals surface area (Å²) in [5.41, 5.74) is 1.72. The van der Waals surface area contributed by atoms with Crippen LogP contribution in [0.2, 0.25) is 0 Å². The Hall–Kier alpha value is -2.44. The molecule has 2 aromatic rings. The molecule has 6 rings (SSSR count). The Bertz CT molecular complexity index is 1420. The van der Waals surface area contributed by atoms with E-state index in [1.54, 1.807) is 0 Å². The number of hydrogen-bond donors (Lipinski definition) is 2. The molecule has 0 aromatic heterocycles. The predicted molar refractivity (Wildman–Crippen MR) is 185 cm³/mol. The van der Waals surface area contributed by atoms with Crippen LogP contribution in [0.15, 0.2) is 36.4 Å². The average molecular weight is 631 g/mol. The van der Waals surface area contributed by atoms with E-state index in [4.69, 9.17) is 9.47 Å². The third kappa shape index (κ3) is 7.49. The van der Waals surface area contributed by atoms with Gasteiger partial charge in [0.1, 0.15) is 12.2 Å². The summed E-state index contributed by atoms with van der Waals surface area (Å²) < 4.78 is 12.5. The van der Waals surface area contributed by atoms with Gasteiger partial charge in [-0.3, -0.25) is 4.79 Å². The summed E-state index contributed by atoms with van der Waals surface area (Å²) in [6.07, 6.45) is 9.43. The van der Waals surface area contributed by atoms with Crippen molar-refractivity contribution in [2.75, 3.05) is 0 Å². The lowest BCUT2D eigenvalue weighted by Gasteiger charge is -2.46. The van der Waals surface area contributed by atoms with E-state index < -0.39 is 0 Å². The van der Waals surface area contributed by atoms with Crippen molar-refractivity contribution in [1.29, 1.82) is 0 Å². The lowest BCUT2D eigenvalue weighted by Crippen LogP contribution is -2.59. The summed E-state index contributed by atoms with van der Waals surface area (Å²) in [7, 11) is 0. The minimum atomic E-state index is -0.204. The van der Waals surface area contributed by atoms with Gasteiger partial charge in [0.15, 0.2) is 0 Å². The summed E-state index contributed by atoms with van der Waals surface area (Å²) in [6.45, 7) is 17.6. The monoisotopic (exact) mass is 630 g/mol. The molecule has 6 nitrogen and oxygen atoms in total. The van der Waals surface area contributed by atoms with Gasteiger partial charge in [0.05, 0.1) is 11.5 Å². The number of hydrogen-bond acceptors (Lipinski definition) is 6. The highest BCUT2D eigenvalue weighted by atomic mass is 16.5. The molecule has 0 bridgehead atoms. The summed E-state index contributed by atoms with van der Waals surface area (Å²) in [5.74, 6) is 1.41. The van der Waals surface area contributed by atoms with Crippen LogP contribution in [0.1, 0.15) is 141 Å². The minimum absolute atomic E-state index is 0.0165. The van der Waals surface area contributed by atoms with Crippen LogP contribution in [0, 0.1) is 17.8 Å². The fraction of sp³-hybridized carbons (Fsp3) is 0.700. The van der Waals surface area contributed by atoms with E-state index in [1.165, 1.54) is 5.56 Å². The largest absolute Gasteiger partial charge is 0.462 e. The van der Waals surface area contributed by atoms with E-state index in [0.29, 0.717) is 23.3 Å². The SMILES string of the molecule is CC1(C)CC(OC(=O)c2cccc3cccc(C4CCC5CC(C(=O)OC6CC(C)(C)NC(C)(C)C6)CCC5C4)c23)CC(C)(C)N1. The maximum absolute atomic E-state index is 13.8. The van der Waals surface area contributed by atoms with Gasteiger partial charge in [-0.1, -0.05) is 30.3 Å². The van der Waals surface area contributed by atoms with Crippen LogP contribution in [0.25, 0.3) is 10.8 Å². The highest BCUT2D eigenvalue weighted by Gasteiger charge is 2.43. The molecule has 0 amide bonds. The van der Waals surface area contributed by atoms with Gasteiger partial charge in [-0.15, -0.1) is 0 Å². The number of ether oxygens (including phenoxy) is 2. The van der Waals surface area contributed by atoms with E-state index in [2.05, 4.69) is 90.3 Å². The van der Waals surface area contributed by atoms with Gasteiger partial charge >= 0.3 is 11.9 Å². The van der Waals surface area contributed by atoms with Crippen LogP contribution in [-0.4, -0.2) is 46.3 Å². The predicted octanol–water partition coefficient (Wildman–Crippen LogP) is 8.46. The Morgan fingerprint density at radius 1 is 0.652 bits per heavy atom. The van der Waals surface area contributed by atoms with Crippen LogP contribution >= 0.6 is 0 Å². The molecular weight excluding hydrogens is 572 g/mol. The molecule has 2 N–H and O–H groups in total. The Morgan fingerprint density at radius 3 is 1.78 bits per heavy atom. The Morgan fingerprint density at radius 2 is 1.17 bits per heavy atom. The van der Waals surface area contributed by atoms with Crippen molar-refractivity contribution < 1.29 is 19.1 Å². The third-order valence-corrected chi connectivity index (χ3v) is 11.4. The fourth-order valence-corrected chi connectivity index (χ4v) is 10.4. The average Bonchev–Trinajstić information content (AvgIpc) is 2.92. The first-order chi connectivity index (χ1) is 21.5. The normalized spacial score (nSPS) is 30.7. The molecule has 6 heteroatoms. The van der Waals surface area contributed by atoms with Gasteiger partial charge < -0.3 is 20.1 Å². The second kappa shape index (κ2) is 12.2. The molecule has 252 valence electrons. The van der Waals surface area contributed by atoms with E-state index in [1.807, 2.05) is 12.1 Å². The standard InChI is InChI=1S/C40H58N2O4/c1-37(2)21-30(22-38(3,4)41-37)45-35(43)29-18-16-26-19-28(17-15-27(26)20-29)32-13-9-11-25-12-10-14-33(34(25)32)36(44)46-31-23-39(5,6)42-40(7,8)24-31/h9-14,26-31,41-42H,15-24H2,1-8H3. The van der Waals surface area contributed by atoms with Crippen molar-refractivity contribution in [3.05, 3.63) is 47.5 Å². The Kier molecular flexibility index (Phi) is 8.89. The number of carbonyl (C=O) groups is 2. The number of fused-ring (bicyclic) bond motifs is 2. The van der Waals surface area contributed by atoms with Crippen molar-refractivity contribution in [3.8, 4) is 0 Å². The molecule has 4 atom stereocenters. The van der Waals surface area contributed by atoms with Crippen molar-refractivity contribution >= 4 is 22.7 Å². The van der Waals surface area contributed by atoms with Crippen molar-refractivity contribution in [2.45, 2.75) is 160 Å². The lowest BCUT2D eigenvalue weighted by molar-refractivity contribution is -0.160. The van der Waals surface area contributed by atoms with Gasteiger partial charge in [-0.05, 0) is 134 Å². The number of carbonyl (C=O) groups excluding carboxylic acids is 2. The lowest BCUT2D eigenvalue weighted by atomic mass is 9.63. The van der Waals surface area contributed by atoms with Crippen LogP contribution in [0.5, 0.6) is 0 Å². The Balaban J connectivity index is 1.13. The van der Waals surface area contributed by atoms with Crippen LogP contribution in [0.4, 0.5) is 0 Å². The van der Waals surface area contributed by atoms with Crippen molar-refractivity contribution in [2.24, 2.45) is 17.8 Å². The van der Waals surface area contributed by atoms with Gasteiger partial charge in [-0.2, -0.15) is 0 Å². The number of nitrogens with one attached hydrogen (secondary N) is 2. The summed E-state index contributed by atoms with van der Waals surface area (Å²) in [5, 5.41) is 9.56.